The molecule has 0 spiro atoms. The Bertz CT molecular complexity index is 3130. The minimum absolute atomic E-state index is 0.137. The number of fused-ring (bicyclic) bond motifs is 8. The summed E-state index contributed by atoms with van der Waals surface area (Å²) in [6.45, 7) is 0. The third-order valence-electron chi connectivity index (χ3n) is 11.4. The molecule has 0 saturated carbocycles. The third kappa shape index (κ3) is 4.51. The Kier molecular flexibility index (Phi) is 6.48. The zero-order valence-corrected chi connectivity index (χ0v) is 28.8. The molecule has 11 rings (SSSR count). The van der Waals surface area contributed by atoms with Gasteiger partial charge in [-0.2, -0.15) is 5.26 Å². The van der Waals surface area contributed by atoms with Crippen molar-refractivity contribution in [2.24, 2.45) is 0 Å². The van der Waals surface area contributed by atoms with Crippen LogP contribution >= 0.6 is 0 Å². The van der Waals surface area contributed by atoms with Crippen LogP contribution in [-0.2, 0) is 0 Å². The molecule has 0 bridgehead atoms. The molecule has 53 heavy (non-hydrogen) atoms. The Hall–Kier alpha value is -6.95. The van der Waals surface area contributed by atoms with E-state index in [0.717, 1.165) is 27.8 Å². The summed E-state index contributed by atoms with van der Waals surface area (Å²) in [5.41, 5.74) is 10.3. The van der Waals surface area contributed by atoms with E-state index in [4.69, 9.17) is 4.74 Å². The molecule has 1 unspecified atom stereocenters. The van der Waals surface area contributed by atoms with Gasteiger partial charge >= 0.3 is 0 Å². The molecule has 2 heteroatoms. The first-order valence-corrected chi connectivity index (χ1v) is 18.2. The van der Waals surface area contributed by atoms with Crippen molar-refractivity contribution < 1.29 is 4.74 Å². The highest BCUT2D eigenvalue weighted by molar-refractivity contribution is 6.24. The van der Waals surface area contributed by atoms with Crippen molar-refractivity contribution in [3.05, 3.63) is 181 Å². The molecular formula is C51H31NO. The molecular weight excluding hydrogens is 643 g/mol. The summed E-state index contributed by atoms with van der Waals surface area (Å²) in [6.07, 6.45) is 4.47. The molecule has 0 aromatic heterocycles. The van der Waals surface area contributed by atoms with Crippen LogP contribution in [0.5, 0.6) is 5.75 Å². The Morgan fingerprint density at radius 1 is 0.453 bits per heavy atom. The summed E-state index contributed by atoms with van der Waals surface area (Å²) in [4.78, 5) is 0. The largest absolute Gasteiger partial charge is 0.485 e. The van der Waals surface area contributed by atoms with Crippen molar-refractivity contribution in [1.29, 1.82) is 5.26 Å². The predicted molar refractivity (Wildman–Crippen MR) is 221 cm³/mol. The molecule has 2 nitrogen and oxygen atoms in total. The minimum atomic E-state index is -0.137. The molecule has 1 heterocycles. The lowest BCUT2D eigenvalue weighted by Crippen LogP contribution is -2.24. The number of hydrogen-bond acceptors (Lipinski definition) is 2. The lowest BCUT2D eigenvalue weighted by molar-refractivity contribution is 0.258. The van der Waals surface area contributed by atoms with Gasteiger partial charge in [0.05, 0.1) is 6.07 Å². The number of allylic oxidation sites excluding steroid dienone is 2. The summed E-state index contributed by atoms with van der Waals surface area (Å²) in [5, 5.41) is 21.9. The van der Waals surface area contributed by atoms with Gasteiger partial charge in [0.2, 0.25) is 0 Å². The molecule has 0 fully saturated rings. The average Bonchev–Trinajstić information content (AvgIpc) is 3.23. The van der Waals surface area contributed by atoms with E-state index < -0.39 is 0 Å². The SMILES string of the molecule is N#CC1=CC=C2c3ccc(-c4cccc(-c5cc6c7ccccc7c(-c7cccc8ccccc78)cc6c6ccccc56)c4)c4cccc(c34)OC2C1. The molecule has 9 aromatic rings. The van der Waals surface area contributed by atoms with E-state index in [0.29, 0.717) is 6.42 Å². The normalized spacial score (nSPS) is 14.9. The van der Waals surface area contributed by atoms with E-state index in [1.807, 2.05) is 6.08 Å². The number of benzene rings is 9. The van der Waals surface area contributed by atoms with Crippen LogP contribution in [0.4, 0.5) is 0 Å². The van der Waals surface area contributed by atoms with Crippen LogP contribution in [0.1, 0.15) is 12.0 Å². The Balaban J connectivity index is 1.12. The second-order valence-electron chi connectivity index (χ2n) is 14.2. The van der Waals surface area contributed by atoms with Crippen LogP contribution in [0.15, 0.2) is 175 Å². The van der Waals surface area contributed by atoms with Gasteiger partial charge in [-0.15, -0.1) is 0 Å². The van der Waals surface area contributed by atoms with E-state index in [1.54, 1.807) is 0 Å². The first-order chi connectivity index (χ1) is 26.2. The van der Waals surface area contributed by atoms with E-state index >= 15 is 0 Å². The number of hydrogen-bond donors (Lipinski definition) is 0. The van der Waals surface area contributed by atoms with Crippen LogP contribution in [0.3, 0.4) is 0 Å². The molecule has 0 N–H and O–H groups in total. The lowest BCUT2D eigenvalue weighted by Gasteiger charge is -2.31. The Labute approximate surface area is 307 Å². The molecule has 1 aliphatic heterocycles. The fraction of sp³-hybridized carbons (Fsp3) is 0.0392. The lowest BCUT2D eigenvalue weighted by atomic mass is 9.83. The van der Waals surface area contributed by atoms with Crippen LogP contribution in [0, 0.1) is 11.3 Å². The van der Waals surface area contributed by atoms with Gasteiger partial charge in [0.25, 0.3) is 0 Å². The first kappa shape index (κ1) is 29.7. The third-order valence-corrected chi connectivity index (χ3v) is 11.4. The average molecular weight is 674 g/mol. The molecule has 246 valence electrons. The number of nitriles is 1. The molecule has 0 saturated heterocycles. The van der Waals surface area contributed by atoms with Crippen molar-refractivity contribution in [3.63, 3.8) is 0 Å². The van der Waals surface area contributed by atoms with E-state index in [-0.39, 0.29) is 6.10 Å². The summed E-state index contributed by atoms with van der Waals surface area (Å²) in [7, 11) is 0. The summed E-state index contributed by atoms with van der Waals surface area (Å²) >= 11 is 0. The van der Waals surface area contributed by atoms with Crippen molar-refractivity contribution in [2.45, 2.75) is 12.5 Å². The Morgan fingerprint density at radius 3 is 1.85 bits per heavy atom. The van der Waals surface area contributed by atoms with Crippen LogP contribution in [0.25, 0.3) is 92.8 Å². The standard InChI is InChI=1S/C51H31NO/c52-30-31-22-23-42-44-25-24-36(43-20-9-21-49(51(43)44)53-50(42)26-31)33-12-7-13-34(27-33)45-28-47-41-18-6-5-17-40(41)46(29-48(47)39-16-4-3-15-38(39)45)37-19-8-11-32-10-1-2-14-35(32)37/h1-25,27-29,50H,26H2. The second-order valence-corrected chi connectivity index (χ2v) is 14.2. The van der Waals surface area contributed by atoms with Crippen LogP contribution in [0.2, 0.25) is 0 Å². The second kappa shape index (κ2) is 11.5. The van der Waals surface area contributed by atoms with Gasteiger partial charge in [0.1, 0.15) is 11.9 Å². The maximum absolute atomic E-state index is 9.54. The van der Waals surface area contributed by atoms with E-state index in [9.17, 15) is 5.26 Å². The quantitative estimate of drug-likeness (QED) is 0.175. The van der Waals surface area contributed by atoms with Gasteiger partial charge in [-0.1, -0.05) is 140 Å². The highest BCUT2D eigenvalue weighted by Crippen LogP contribution is 2.47. The fourth-order valence-corrected chi connectivity index (χ4v) is 8.97. The van der Waals surface area contributed by atoms with Gasteiger partial charge in [0, 0.05) is 23.0 Å². The Morgan fingerprint density at radius 2 is 1.06 bits per heavy atom. The molecule has 9 aromatic carbocycles. The maximum Gasteiger partial charge on any atom is 0.129 e. The van der Waals surface area contributed by atoms with E-state index in [1.165, 1.54) is 81.9 Å². The monoisotopic (exact) mass is 673 g/mol. The fourth-order valence-electron chi connectivity index (χ4n) is 8.97. The van der Waals surface area contributed by atoms with Crippen molar-refractivity contribution in [2.75, 3.05) is 0 Å². The zero-order chi connectivity index (χ0) is 35.0. The smallest absolute Gasteiger partial charge is 0.129 e. The highest BCUT2D eigenvalue weighted by Gasteiger charge is 2.30. The van der Waals surface area contributed by atoms with Gasteiger partial charge in [0.15, 0.2) is 0 Å². The molecule has 1 atom stereocenters. The number of ether oxygens (including phenoxy) is 1. The van der Waals surface area contributed by atoms with Crippen LogP contribution < -0.4 is 4.74 Å². The van der Waals surface area contributed by atoms with Gasteiger partial charge < -0.3 is 4.74 Å². The number of nitrogens with zero attached hydrogens (tertiary/aromatic N) is 1. The highest BCUT2D eigenvalue weighted by atomic mass is 16.5. The van der Waals surface area contributed by atoms with Gasteiger partial charge in [-0.05, 0) is 118 Å². The van der Waals surface area contributed by atoms with Crippen molar-refractivity contribution in [3.8, 4) is 45.2 Å². The number of rotatable bonds is 3. The first-order valence-electron chi connectivity index (χ1n) is 18.2. The minimum Gasteiger partial charge on any atom is -0.485 e. The van der Waals surface area contributed by atoms with Gasteiger partial charge in [-0.3, -0.25) is 0 Å². The topological polar surface area (TPSA) is 33.0 Å². The summed E-state index contributed by atoms with van der Waals surface area (Å²) in [5.74, 6) is 0.882. The molecule has 0 amide bonds. The van der Waals surface area contributed by atoms with Crippen molar-refractivity contribution in [1.82, 2.24) is 0 Å². The predicted octanol–water partition coefficient (Wildman–Crippen LogP) is 13.5. The summed E-state index contributed by atoms with van der Waals surface area (Å²) < 4.78 is 6.55. The summed E-state index contributed by atoms with van der Waals surface area (Å²) in [6, 6.07) is 60.1. The van der Waals surface area contributed by atoms with Gasteiger partial charge in [-0.25, -0.2) is 0 Å². The van der Waals surface area contributed by atoms with E-state index in [2.05, 4.69) is 170 Å². The maximum atomic E-state index is 9.54. The van der Waals surface area contributed by atoms with Crippen molar-refractivity contribution >= 4 is 59.4 Å². The molecule has 1 aliphatic carbocycles. The van der Waals surface area contributed by atoms with Crippen LogP contribution in [-0.4, -0.2) is 6.10 Å². The molecule has 2 aliphatic rings. The zero-order valence-electron chi connectivity index (χ0n) is 28.8. The molecule has 0 radical (unpaired) electrons.